The predicted octanol–water partition coefficient (Wildman–Crippen LogP) is 4.92. The zero-order chi connectivity index (χ0) is 24.7. The topological polar surface area (TPSA) is 80.5 Å². The first-order valence-corrected chi connectivity index (χ1v) is 13.1. The summed E-state index contributed by atoms with van der Waals surface area (Å²) in [6.07, 6.45) is 0.377. The SMILES string of the molecule is Cc1ccc(-c2cc(C(=O)N(Cc3ccc(C(C)(C)C)cc3)C3CCS(=O)(=O)C3)no2)cc1F. The van der Waals surface area contributed by atoms with Crippen molar-refractivity contribution in [1.82, 2.24) is 10.1 Å². The summed E-state index contributed by atoms with van der Waals surface area (Å²) in [5.41, 5.74) is 3.11. The highest BCUT2D eigenvalue weighted by Crippen LogP contribution is 2.27. The largest absolute Gasteiger partial charge is 0.355 e. The van der Waals surface area contributed by atoms with Crippen molar-refractivity contribution >= 4 is 15.7 Å². The average Bonchev–Trinajstić information content (AvgIpc) is 3.40. The second-order valence-electron chi connectivity index (χ2n) is 9.98. The van der Waals surface area contributed by atoms with Gasteiger partial charge < -0.3 is 9.42 Å². The summed E-state index contributed by atoms with van der Waals surface area (Å²) < 4.78 is 43.6. The van der Waals surface area contributed by atoms with Crippen LogP contribution in [0.3, 0.4) is 0 Å². The van der Waals surface area contributed by atoms with Gasteiger partial charge in [0, 0.05) is 24.2 Å². The van der Waals surface area contributed by atoms with Crippen molar-refractivity contribution in [3.05, 3.63) is 76.7 Å². The van der Waals surface area contributed by atoms with E-state index in [1.165, 1.54) is 17.7 Å². The summed E-state index contributed by atoms with van der Waals surface area (Å²) in [5.74, 6) is -0.539. The van der Waals surface area contributed by atoms with Gasteiger partial charge in [0.05, 0.1) is 11.5 Å². The number of halogens is 1. The molecule has 4 rings (SSSR count). The molecule has 6 nitrogen and oxygen atoms in total. The van der Waals surface area contributed by atoms with E-state index in [-0.39, 0.29) is 40.7 Å². The van der Waals surface area contributed by atoms with Gasteiger partial charge in [-0.15, -0.1) is 0 Å². The van der Waals surface area contributed by atoms with Crippen LogP contribution in [0, 0.1) is 12.7 Å². The minimum absolute atomic E-state index is 0.000133. The number of hydrogen-bond donors (Lipinski definition) is 0. The Morgan fingerprint density at radius 3 is 2.44 bits per heavy atom. The van der Waals surface area contributed by atoms with Crippen molar-refractivity contribution in [1.29, 1.82) is 0 Å². The number of hydrogen-bond acceptors (Lipinski definition) is 5. The molecule has 1 atom stereocenters. The number of carbonyl (C=O) groups excluding carboxylic acids is 1. The first kappa shape index (κ1) is 24.1. The highest BCUT2D eigenvalue weighted by atomic mass is 32.2. The third-order valence-electron chi connectivity index (χ3n) is 6.27. The smallest absolute Gasteiger partial charge is 0.276 e. The van der Waals surface area contributed by atoms with Gasteiger partial charge in [-0.3, -0.25) is 4.79 Å². The van der Waals surface area contributed by atoms with Crippen molar-refractivity contribution in [3.63, 3.8) is 0 Å². The van der Waals surface area contributed by atoms with Crippen molar-refractivity contribution in [3.8, 4) is 11.3 Å². The van der Waals surface area contributed by atoms with Crippen LogP contribution in [-0.4, -0.2) is 41.9 Å². The lowest BCUT2D eigenvalue weighted by Gasteiger charge is -2.28. The molecule has 1 amide bonds. The molecular weight excluding hydrogens is 455 g/mol. The number of aryl methyl sites for hydroxylation is 1. The molecule has 0 bridgehead atoms. The Labute approximate surface area is 199 Å². The van der Waals surface area contributed by atoms with Crippen molar-refractivity contribution in [2.24, 2.45) is 0 Å². The van der Waals surface area contributed by atoms with E-state index >= 15 is 0 Å². The Balaban J connectivity index is 1.62. The van der Waals surface area contributed by atoms with E-state index in [0.717, 1.165) is 5.56 Å². The molecule has 0 spiro atoms. The van der Waals surface area contributed by atoms with E-state index in [4.69, 9.17) is 4.52 Å². The van der Waals surface area contributed by atoms with Crippen LogP contribution in [0.25, 0.3) is 11.3 Å². The monoisotopic (exact) mass is 484 g/mol. The van der Waals surface area contributed by atoms with Crippen LogP contribution in [0.5, 0.6) is 0 Å². The standard InChI is InChI=1S/C26H29FN2O4S/c1-17-5-8-19(13-22(17)27)24-14-23(28-33-24)25(30)29(21-11-12-34(31,32)16-21)15-18-6-9-20(10-7-18)26(2,3)4/h5-10,13-14,21H,11-12,15-16H2,1-4H3. The molecule has 8 heteroatoms. The van der Waals surface area contributed by atoms with Crippen molar-refractivity contribution in [2.45, 2.75) is 52.1 Å². The highest BCUT2D eigenvalue weighted by Gasteiger charge is 2.36. The molecule has 1 unspecified atom stereocenters. The molecule has 1 fully saturated rings. The highest BCUT2D eigenvalue weighted by molar-refractivity contribution is 7.91. The van der Waals surface area contributed by atoms with Crippen molar-refractivity contribution < 1.29 is 22.1 Å². The van der Waals surface area contributed by atoms with Crippen LogP contribution in [0.2, 0.25) is 0 Å². The fourth-order valence-electron chi connectivity index (χ4n) is 4.10. The lowest BCUT2D eigenvalue weighted by molar-refractivity contribution is 0.0670. The van der Waals surface area contributed by atoms with E-state index in [0.29, 0.717) is 17.5 Å². The number of nitrogens with zero attached hydrogens (tertiary/aromatic N) is 2. The summed E-state index contributed by atoms with van der Waals surface area (Å²) in [6, 6.07) is 13.7. The first-order chi connectivity index (χ1) is 15.9. The summed E-state index contributed by atoms with van der Waals surface area (Å²) in [6.45, 7) is 8.30. The quantitative estimate of drug-likeness (QED) is 0.514. The van der Waals surface area contributed by atoms with Gasteiger partial charge in [-0.2, -0.15) is 0 Å². The summed E-state index contributed by atoms with van der Waals surface area (Å²) >= 11 is 0. The van der Waals surface area contributed by atoms with Gasteiger partial charge in [-0.25, -0.2) is 12.8 Å². The van der Waals surface area contributed by atoms with Gasteiger partial charge in [0.15, 0.2) is 21.3 Å². The van der Waals surface area contributed by atoms with Crippen LogP contribution in [0.1, 0.15) is 54.4 Å². The zero-order valence-corrected chi connectivity index (χ0v) is 20.7. The van der Waals surface area contributed by atoms with Gasteiger partial charge in [0.2, 0.25) is 0 Å². The second-order valence-corrected chi connectivity index (χ2v) is 12.2. The van der Waals surface area contributed by atoms with Gasteiger partial charge in [0.1, 0.15) is 5.82 Å². The zero-order valence-electron chi connectivity index (χ0n) is 19.8. The molecule has 1 aromatic heterocycles. The van der Waals surface area contributed by atoms with Gasteiger partial charge in [0.25, 0.3) is 5.91 Å². The Kier molecular flexibility index (Phi) is 6.38. The molecule has 1 aliphatic heterocycles. The van der Waals surface area contributed by atoms with Gasteiger partial charge in [-0.05, 0) is 41.5 Å². The number of carbonyl (C=O) groups is 1. The molecule has 1 aliphatic rings. The number of aromatic nitrogens is 1. The molecule has 0 aliphatic carbocycles. The van der Waals surface area contributed by atoms with Crippen LogP contribution >= 0.6 is 0 Å². The van der Waals surface area contributed by atoms with Crippen LogP contribution in [0.15, 0.2) is 53.1 Å². The molecule has 0 N–H and O–H groups in total. The normalized spacial score (nSPS) is 17.6. The van der Waals surface area contributed by atoms with E-state index in [9.17, 15) is 17.6 Å². The molecule has 0 radical (unpaired) electrons. The Morgan fingerprint density at radius 2 is 1.85 bits per heavy atom. The molecule has 0 saturated carbocycles. The van der Waals surface area contributed by atoms with E-state index in [1.54, 1.807) is 24.0 Å². The summed E-state index contributed by atoms with van der Waals surface area (Å²) in [4.78, 5) is 15.0. The fraction of sp³-hybridized carbons (Fsp3) is 0.385. The molecule has 1 saturated heterocycles. The summed E-state index contributed by atoms with van der Waals surface area (Å²) in [7, 11) is -3.20. The first-order valence-electron chi connectivity index (χ1n) is 11.3. The predicted molar refractivity (Wildman–Crippen MR) is 129 cm³/mol. The Bertz CT molecular complexity index is 1310. The molecule has 2 heterocycles. The second kappa shape index (κ2) is 8.98. The molecular formula is C26H29FN2O4S. The van der Waals surface area contributed by atoms with E-state index < -0.39 is 21.8 Å². The maximum absolute atomic E-state index is 14.0. The molecule has 3 aromatic rings. The minimum atomic E-state index is -3.20. The van der Waals surface area contributed by atoms with E-state index in [2.05, 4.69) is 25.9 Å². The molecule has 34 heavy (non-hydrogen) atoms. The fourth-order valence-corrected chi connectivity index (χ4v) is 5.83. The molecule has 2 aromatic carbocycles. The number of rotatable bonds is 5. The number of benzene rings is 2. The Morgan fingerprint density at radius 1 is 1.15 bits per heavy atom. The Hall–Kier alpha value is -3.00. The third kappa shape index (κ3) is 5.22. The van der Waals surface area contributed by atoms with Gasteiger partial charge >= 0.3 is 0 Å². The van der Waals surface area contributed by atoms with Crippen LogP contribution in [0.4, 0.5) is 4.39 Å². The maximum Gasteiger partial charge on any atom is 0.276 e. The number of amides is 1. The lowest BCUT2D eigenvalue weighted by Crippen LogP contribution is -2.40. The maximum atomic E-state index is 14.0. The average molecular weight is 485 g/mol. The summed E-state index contributed by atoms with van der Waals surface area (Å²) in [5, 5.41) is 3.92. The third-order valence-corrected chi connectivity index (χ3v) is 8.02. The van der Waals surface area contributed by atoms with E-state index in [1.807, 2.05) is 24.3 Å². The van der Waals surface area contributed by atoms with Crippen LogP contribution in [-0.2, 0) is 21.8 Å². The number of sulfone groups is 1. The van der Waals surface area contributed by atoms with Crippen LogP contribution < -0.4 is 0 Å². The van der Waals surface area contributed by atoms with Gasteiger partial charge in [-0.1, -0.05) is 62.3 Å². The molecule has 180 valence electrons. The minimum Gasteiger partial charge on any atom is -0.355 e. The lowest BCUT2D eigenvalue weighted by atomic mass is 9.86. The van der Waals surface area contributed by atoms with Crippen molar-refractivity contribution in [2.75, 3.05) is 11.5 Å².